The minimum absolute atomic E-state index is 0.0766. The Morgan fingerprint density at radius 2 is 1.00 bits per heavy atom. The third kappa shape index (κ3) is 7.03. The third-order valence-corrected chi connectivity index (χ3v) is 7.38. The van der Waals surface area contributed by atoms with Gasteiger partial charge >= 0.3 is 5.97 Å². The van der Waals surface area contributed by atoms with Crippen molar-refractivity contribution in [3.05, 3.63) is 203 Å². The highest BCUT2D eigenvalue weighted by molar-refractivity contribution is 6.10. The van der Waals surface area contributed by atoms with E-state index in [9.17, 15) is 14.7 Å². The Kier molecular flexibility index (Phi) is 9.35. The van der Waals surface area contributed by atoms with Crippen LogP contribution in [0.1, 0.15) is 54.5 Å². The zero-order valence-electron chi connectivity index (χ0n) is 23.9. The molecule has 6 rings (SSSR count). The molecule has 0 saturated carbocycles. The standard InChI is InChI=1S/C20H16O2.C20H16O/c21-20(22)18-14-8-7-13-17(18)19(15-9-3-1-4-10-15)16-11-5-2-6-12-16;1-15-14-18(16-8-4-2-5-9-16)12-13-19(15)20(21)17-10-6-3-7-11-17/h1-14,19H,(H,21,22);2-14H,1H3. The molecule has 6 aromatic rings. The van der Waals surface area contributed by atoms with Crippen LogP contribution in [0.3, 0.4) is 0 Å². The number of ketones is 1. The van der Waals surface area contributed by atoms with E-state index in [0.717, 1.165) is 38.9 Å². The smallest absolute Gasteiger partial charge is 0.335 e. The Morgan fingerprint density at radius 1 is 0.512 bits per heavy atom. The van der Waals surface area contributed by atoms with Crippen LogP contribution < -0.4 is 0 Å². The van der Waals surface area contributed by atoms with Crippen LogP contribution in [0.15, 0.2) is 164 Å². The van der Waals surface area contributed by atoms with Crippen molar-refractivity contribution in [2.45, 2.75) is 12.8 Å². The summed E-state index contributed by atoms with van der Waals surface area (Å²) in [7, 11) is 0. The summed E-state index contributed by atoms with van der Waals surface area (Å²) in [6.07, 6.45) is 0. The number of hydrogen-bond acceptors (Lipinski definition) is 2. The molecule has 0 fully saturated rings. The van der Waals surface area contributed by atoms with Crippen LogP contribution in [-0.2, 0) is 0 Å². The van der Waals surface area contributed by atoms with Crippen LogP contribution >= 0.6 is 0 Å². The minimum atomic E-state index is -0.896. The van der Waals surface area contributed by atoms with Crippen LogP contribution in [0.25, 0.3) is 11.1 Å². The first kappa shape index (κ1) is 29.0. The second-order valence-corrected chi connectivity index (χ2v) is 10.2. The second kappa shape index (κ2) is 13.9. The molecule has 0 heterocycles. The van der Waals surface area contributed by atoms with Crippen molar-refractivity contribution in [1.82, 2.24) is 0 Å². The van der Waals surface area contributed by atoms with Crippen molar-refractivity contribution in [3.63, 3.8) is 0 Å². The predicted octanol–water partition coefficient (Wildman–Crippen LogP) is 9.46. The van der Waals surface area contributed by atoms with Crippen LogP contribution in [0.2, 0.25) is 0 Å². The van der Waals surface area contributed by atoms with Gasteiger partial charge in [-0.1, -0.05) is 158 Å². The monoisotopic (exact) mass is 560 g/mol. The van der Waals surface area contributed by atoms with Gasteiger partial charge in [0.2, 0.25) is 0 Å². The first-order valence-electron chi connectivity index (χ1n) is 14.2. The van der Waals surface area contributed by atoms with Crippen LogP contribution in [-0.4, -0.2) is 16.9 Å². The van der Waals surface area contributed by atoms with E-state index in [1.165, 1.54) is 5.56 Å². The van der Waals surface area contributed by atoms with Crippen LogP contribution in [0.4, 0.5) is 0 Å². The molecule has 0 radical (unpaired) electrons. The lowest BCUT2D eigenvalue weighted by Gasteiger charge is -2.20. The molecule has 0 amide bonds. The molecule has 0 aromatic heterocycles. The van der Waals surface area contributed by atoms with Crippen molar-refractivity contribution in [2.24, 2.45) is 0 Å². The molecule has 210 valence electrons. The Bertz CT molecular complexity index is 1760. The summed E-state index contributed by atoms with van der Waals surface area (Å²) in [5, 5.41) is 9.51. The van der Waals surface area contributed by atoms with E-state index < -0.39 is 5.97 Å². The molecule has 6 aromatic carbocycles. The molecule has 3 heteroatoms. The highest BCUT2D eigenvalue weighted by atomic mass is 16.4. The molecule has 0 unspecified atom stereocenters. The quantitative estimate of drug-likeness (QED) is 0.156. The fourth-order valence-electron chi connectivity index (χ4n) is 5.26. The van der Waals surface area contributed by atoms with Gasteiger partial charge in [-0.05, 0) is 46.4 Å². The Labute approximate surface area is 252 Å². The Hall–Kier alpha value is -5.54. The molecule has 0 aliphatic rings. The lowest BCUT2D eigenvalue weighted by molar-refractivity contribution is 0.0695. The highest BCUT2D eigenvalue weighted by Crippen LogP contribution is 2.33. The summed E-state index contributed by atoms with van der Waals surface area (Å²) < 4.78 is 0. The van der Waals surface area contributed by atoms with Gasteiger partial charge in [0.25, 0.3) is 0 Å². The second-order valence-electron chi connectivity index (χ2n) is 10.2. The number of rotatable bonds is 7. The largest absolute Gasteiger partial charge is 0.478 e. The van der Waals surface area contributed by atoms with Crippen molar-refractivity contribution in [3.8, 4) is 11.1 Å². The maximum absolute atomic E-state index is 12.5. The molecule has 43 heavy (non-hydrogen) atoms. The van der Waals surface area contributed by atoms with E-state index in [2.05, 4.69) is 18.2 Å². The maximum atomic E-state index is 12.5. The van der Waals surface area contributed by atoms with Crippen LogP contribution in [0.5, 0.6) is 0 Å². The van der Waals surface area contributed by atoms with Gasteiger partial charge in [-0.25, -0.2) is 4.79 Å². The van der Waals surface area contributed by atoms with Crippen molar-refractivity contribution < 1.29 is 14.7 Å². The molecule has 0 saturated heterocycles. The van der Waals surface area contributed by atoms with Gasteiger partial charge in [-0.15, -0.1) is 0 Å². The number of hydrogen-bond donors (Lipinski definition) is 1. The summed E-state index contributed by atoms with van der Waals surface area (Å²) in [6.45, 7) is 1.99. The average Bonchev–Trinajstić information content (AvgIpc) is 3.07. The molecule has 3 nitrogen and oxygen atoms in total. The maximum Gasteiger partial charge on any atom is 0.335 e. The summed E-state index contributed by atoms with van der Waals surface area (Å²) in [5.41, 5.74) is 8.13. The van der Waals surface area contributed by atoms with Gasteiger partial charge in [0.05, 0.1) is 5.56 Å². The van der Waals surface area contributed by atoms with Gasteiger partial charge < -0.3 is 5.11 Å². The SMILES string of the molecule is Cc1cc(-c2ccccc2)ccc1C(=O)c1ccccc1.O=C(O)c1ccccc1C(c1ccccc1)c1ccccc1. The zero-order chi connectivity index (χ0) is 30.0. The number of carboxylic acids is 1. The van der Waals surface area contributed by atoms with E-state index in [1.54, 1.807) is 12.1 Å². The first-order chi connectivity index (χ1) is 21.0. The summed E-state index contributed by atoms with van der Waals surface area (Å²) >= 11 is 0. The number of carboxylic acid groups (broad SMARTS) is 1. The molecule has 0 aliphatic heterocycles. The van der Waals surface area contributed by atoms with Crippen molar-refractivity contribution in [1.29, 1.82) is 0 Å². The predicted molar refractivity (Wildman–Crippen MR) is 174 cm³/mol. The van der Waals surface area contributed by atoms with Gasteiger partial charge in [-0.3, -0.25) is 4.79 Å². The number of aryl methyl sites for hydroxylation is 1. The van der Waals surface area contributed by atoms with Gasteiger partial charge in [0.1, 0.15) is 0 Å². The van der Waals surface area contributed by atoms with Crippen molar-refractivity contribution >= 4 is 11.8 Å². The number of aromatic carboxylic acids is 1. The molecule has 0 aliphatic carbocycles. The molecule has 0 spiro atoms. The fourth-order valence-corrected chi connectivity index (χ4v) is 5.26. The summed E-state index contributed by atoms with van der Waals surface area (Å²) in [5.74, 6) is -0.908. The van der Waals surface area contributed by atoms with E-state index in [4.69, 9.17) is 0 Å². The van der Waals surface area contributed by atoms with Gasteiger partial charge in [0, 0.05) is 17.0 Å². The third-order valence-electron chi connectivity index (χ3n) is 7.38. The summed E-state index contributed by atoms with van der Waals surface area (Å²) in [6, 6.07) is 52.8. The van der Waals surface area contributed by atoms with Crippen LogP contribution in [0, 0.1) is 6.92 Å². The fraction of sp³-hybridized carbons (Fsp3) is 0.0500. The molecule has 1 N–H and O–H groups in total. The van der Waals surface area contributed by atoms with E-state index in [-0.39, 0.29) is 11.7 Å². The first-order valence-corrected chi connectivity index (χ1v) is 14.2. The molecular formula is C40H32O3. The average molecular weight is 561 g/mol. The van der Waals surface area contributed by atoms with Gasteiger partial charge in [-0.2, -0.15) is 0 Å². The highest BCUT2D eigenvalue weighted by Gasteiger charge is 2.21. The lowest BCUT2D eigenvalue weighted by atomic mass is 9.83. The Morgan fingerprint density at radius 3 is 1.53 bits per heavy atom. The van der Waals surface area contributed by atoms with E-state index in [0.29, 0.717) is 5.56 Å². The van der Waals surface area contributed by atoms with Gasteiger partial charge in [0.15, 0.2) is 5.78 Å². The summed E-state index contributed by atoms with van der Waals surface area (Å²) in [4.78, 5) is 24.1. The normalized spacial score (nSPS) is 10.5. The molecule has 0 bridgehead atoms. The number of carbonyl (C=O) groups is 2. The molecule has 0 atom stereocenters. The minimum Gasteiger partial charge on any atom is -0.478 e. The number of benzene rings is 6. The van der Waals surface area contributed by atoms with E-state index in [1.807, 2.05) is 140 Å². The molecular weight excluding hydrogens is 528 g/mol. The number of carbonyl (C=O) groups excluding carboxylic acids is 1. The Balaban J connectivity index is 0.000000171. The topological polar surface area (TPSA) is 54.4 Å². The van der Waals surface area contributed by atoms with Crippen molar-refractivity contribution in [2.75, 3.05) is 0 Å². The zero-order valence-corrected chi connectivity index (χ0v) is 23.9. The van der Waals surface area contributed by atoms with E-state index >= 15 is 0 Å². The lowest BCUT2D eigenvalue weighted by Crippen LogP contribution is -2.10.